The van der Waals surface area contributed by atoms with Crippen molar-refractivity contribution in [1.82, 2.24) is 19.5 Å². The third kappa shape index (κ3) is 2.13. The minimum atomic E-state index is -0.499. The van der Waals surface area contributed by atoms with Crippen LogP contribution in [0.4, 0.5) is 5.82 Å². The summed E-state index contributed by atoms with van der Waals surface area (Å²) in [6, 6.07) is 3.12. The van der Waals surface area contributed by atoms with Crippen molar-refractivity contribution in [2.45, 2.75) is 6.54 Å². The number of hydrogen-bond donors (Lipinski definition) is 2. The van der Waals surface area contributed by atoms with Gasteiger partial charge < -0.3 is 5.73 Å². The summed E-state index contributed by atoms with van der Waals surface area (Å²) in [4.78, 5) is 34.0. The Balaban J connectivity index is 2.05. The highest BCUT2D eigenvalue weighted by molar-refractivity contribution is 7.16. The van der Waals surface area contributed by atoms with Crippen LogP contribution in [0, 0.1) is 0 Å². The van der Waals surface area contributed by atoms with Crippen molar-refractivity contribution in [3.8, 4) is 0 Å². The molecule has 0 spiro atoms. The summed E-state index contributed by atoms with van der Waals surface area (Å²) in [5.74, 6) is 0.820. The summed E-state index contributed by atoms with van der Waals surface area (Å²) >= 11 is 1.46. The number of hydrogen-bond acceptors (Lipinski definition) is 6. The van der Waals surface area contributed by atoms with E-state index >= 15 is 0 Å². The molecule has 0 aromatic carbocycles. The maximum atomic E-state index is 11.6. The smallest absolute Gasteiger partial charge is 0.328 e. The van der Waals surface area contributed by atoms with Crippen LogP contribution in [0.15, 0.2) is 33.3 Å². The van der Waals surface area contributed by atoms with E-state index in [4.69, 9.17) is 5.73 Å². The average Bonchev–Trinajstić information content (AvgIpc) is 2.81. The molecule has 7 nitrogen and oxygen atoms in total. The molecule has 0 saturated carbocycles. The molecule has 19 heavy (non-hydrogen) atoms. The molecule has 3 aromatic heterocycles. The predicted molar refractivity (Wildman–Crippen MR) is 72.3 cm³/mol. The number of aromatic amines is 1. The van der Waals surface area contributed by atoms with E-state index in [9.17, 15) is 9.59 Å². The Morgan fingerprint density at radius 1 is 1.32 bits per heavy atom. The van der Waals surface area contributed by atoms with Crippen molar-refractivity contribution in [3.05, 3.63) is 50.4 Å². The fraction of sp³-hybridized carbons (Fsp3) is 0.0909. The van der Waals surface area contributed by atoms with Gasteiger partial charge in [-0.25, -0.2) is 14.8 Å². The van der Waals surface area contributed by atoms with Gasteiger partial charge in [-0.3, -0.25) is 14.3 Å². The standard InChI is InChI=1S/C11H9N5O2S/c12-9-6-2-4-19-10(6)14-7(13-9)5-16-3-1-8(17)15-11(16)18/h1-4H,5H2,(H2,12,13,14)(H,15,17,18). The second kappa shape index (κ2) is 4.32. The van der Waals surface area contributed by atoms with Crippen LogP contribution < -0.4 is 17.0 Å². The number of H-pyrrole nitrogens is 1. The van der Waals surface area contributed by atoms with Crippen LogP contribution in [0.3, 0.4) is 0 Å². The second-order valence-corrected chi connectivity index (χ2v) is 4.80. The van der Waals surface area contributed by atoms with Gasteiger partial charge in [0.1, 0.15) is 10.6 Å². The van der Waals surface area contributed by atoms with E-state index in [0.29, 0.717) is 11.6 Å². The van der Waals surface area contributed by atoms with Crippen molar-refractivity contribution < 1.29 is 0 Å². The third-order valence-corrected chi connectivity index (χ3v) is 3.42. The van der Waals surface area contributed by atoms with Crippen LogP contribution >= 0.6 is 11.3 Å². The first-order chi connectivity index (χ1) is 9.13. The molecule has 0 aliphatic carbocycles. The van der Waals surface area contributed by atoms with Crippen LogP contribution in [0.2, 0.25) is 0 Å². The van der Waals surface area contributed by atoms with E-state index in [-0.39, 0.29) is 6.54 Å². The zero-order chi connectivity index (χ0) is 13.4. The van der Waals surface area contributed by atoms with Gasteiger partial charge in [0.2, 0.25) is 0 Å². The van der Waals surface area contributed by atoms with Crippen molar-refractivity contribution >= 4 is 27.4 Å². The number of nitrogens with two attached hydrogens (primary N) is 1. The molecule has 0 aliphatic rings. The van der Waals surface area contributed by atoms with Gasteiger partial charge in [-0.1, -0.05) is 0 Å². The van der Waals surface area contributed by atoms with Gasteiger partial charge in [-0.15, -0.1) is 11.3 Å². The summed E-state index contributed by atoms with van der Waals surface area (Å²) in [6.45, 7) is 0.160. The first kappa shape index (κ1) is 11.6. The van der Waals surface area contributed by atoms with E-state index in [2.05, 4.69) is 15.0 Å². The number of anilines is 1. The molecular formula is C11H9N5O2S. The molecule has 3 N–H and O–H groups in total. The summed E-state index contributed by atoms with van der Waals surface area (Å²) in [5, 5.41) is 2.69. The summed E-state index contributed by atoms with van der Waals surface area (Å²) in [5.41, 5.74) is 4.89. The highest BCUT2D eigenvalue weighted by atomic mass is 32.1. The Kier molecular flexibility index (Phi) is 2.64. The molecule has 0 bridgehead atoms. The van der Waals surface area contributed by atoms with Crippen LogP contribution in [-0.2, 0) is 6.54 Å². The van der Waals surface area contributed by atoms with Crippen LogP contribution in [0.1, 0.15) is 5.82 Å². The minimum Gasteiger partial charge on any atom is -0.383 e. The lowest BCUT2D eigenvalue weighted by Gasteiger charge is -2.04. The van der Waals surface area contributed by atoms with E-state index in [1.54, 1.807) is 0 Å². The number of fused-ring (bicyclic) bond motifs is 1. The molecule has 3 rings (SSSR count). The SMILES string of the molecule is Nc1nc(Cn2ccc(=O)[nH]c2=O)nc2sccc12. The fourth-order valence-electron chi connectivity index (χ4n) is 1.72. The number of nitrogens with zero attached hydrogens (tertiary/aromatic N) is 3. The van der Waals surface area contributed by atoms with Crippen LogP contribution in [0.5, 0.6) is 0 Å². The topological polar surface area (TPSA) is 107 Å². The molecule has 0 saturated heterocycles. The van der Waals surface area contributed by atoms with E-state index < -0.39 is 11.2 Å². The van der Waals surface area contributed by atoms with Gasteiger partial charge in [-0.2, -0.15) is 0 Å². The summed E-state index contributed by atoms with van der Waals surface area (Å²) in [6.07, 6.45) is 1.40. The van der Waals surface area contributed by atoms with Gasteiger partial charge in [0.25, 0.3) is 5.56 Å². The maximum absolute atomic E-state index is 11.6. The Hall–Kier alpha value is -2.48. The quantitative estimate of drug-likeness (QED) is 0.693. The van der Waals surface area contributed by atoms with Gasteiger partial charge in [0.15, 0.2) is 5.82 Å². The lowest BCUT2D eigenvalue weighted by Crippen LogP contribution is -2.29. The normalized spacial score (nSPS) is 10.9. The Morgan fingerprint density at radius 3 is 2.95 bits per heavy atom. The molecule has 0 atom stereocenters. The van der Waals surface area contributed by atoms with Gasteiger partial charge in [0, 0.05) is 12.3 Å². The van der Waals surface area contributed by atoms with Gasteiger partial charge in [-0.05, 0) is 11.4 Å². The molecule has 0 fully saturated rings. The van der Waals surface area contributed by atoms with Crippen molar-refractivity contribution in [2.75, 3.05) is 5.73 Å². The lowest BCUT2D eigenvalue weighted by atomic mass is 10.4. The Bertz CT molecular complexity index is 863. The van der Waals surface area contributed by atoms with E-state index in [1.165, 1.54) is 28.2 Å². The molecule has 96 valence electrons. The highest BCUT2D eigenvalue weighted by Gasteiger charge is 2.07. The number of nitrogen functional groups attached to an aromatic ring is 1. The van der Waals surface area contributed by atoms with Gasteiger partial charge in [0.05, 0.1) is 11.9 Å². The Morgan fingerprint density at radius 2 is 2.16 bits per heavy atom. The van der Waals surface area contributed by atoms with E-state index in [0.717, 1.165) is 10.2 Å². The monoisotopic (exact) mass is 275 g/mol. The second-order valence-electron chi connectivity index (χ2n) is 3.90. The number of rotatable bonds is 2. The summed E-state index contributed by atoms with van der Waals surface area (Å²) in [7, 11) is 0. The van der Waals surface area contributed by atoms with Crippen molar-refractivity contribution in [1.29, 1.82) is 0 Å². The van der Waals surface area contributed by atoms with Crippen molar-refractivity contribution in [3.63, 3.8) is 0 Å². The molecule has 0 aliphatic heterocycles. The lowest BCUT2D eigenvalue weighted by molar-refractivity contribution is 0.690. The highest BCUT2D eigenvalue weighted by Crippen LogP contribution is 2.22. The zero-order valence-electron chi connectivity index (χ0n) is 9.66. The van der Waals surface area contributed by atoms with E-state index in [1.807, 2.05) is 11.4 Å². The first-order valence-electron chi connectivity index (χ1n) is 5.43. The maximum Gasteiger partial charge on any atom is 0.328 e. The van der Waals surface area contributed by atoms with Gasteiger partial charge >= 0.3 is 5.69 Å². The molecule has 8 heteroatoms. The molecule has 3 aromatic rings. The number of nitrogens with one attached hydrogen (secondary N) is 1. The number of aromatic nitrogens is 4. The van der Waals surface area contributed by atoms with Crippen LogP contribution in [0.25, 0.3) is 10.2 Å². The minimum absolute atomic E-state index is 0.160. The molecule has 3 heterocycles. The third-order valence-electron chi connectivity index (χ3n) is 2.61. The zero-order valence-corrected chi connectivity index (χ0v) is 10.5. The number of thiophene rings is 1. The summed E-state index contributed by atoms with van der Waals surface area (Å²) < 4.78 is 1.32. The molecule has 0 radical (unpaired) electrons. The first-order valence-corrected chi connectivity index (χ1v) is 6.31. The molecular weight excluding hydrogens is 266 g/mol. The molecule has 0 amide bonds. The predicted octanol–water partition coefficient (Wildman–Crippen LogP) is 0.172. The van der Waals surface area contributed by atoms with Crippen molar-refractivity contribution in [2.24, 2.45) is 0 Å². The molecule has 0 unspecified atom stereocenters. The van der Waals surface area contributed by atoms with Crippen LogP contribution in [-0.4, -0.2) is 19.5 Å². The largest absolute Gasteiger partial charge is 0.383 e. The Labute approximate surface area is 110 Å². The average molecular weight is 275 g/mol. The fourth-order valence-corrected chi connectivity index (χ4v) is 2.51.